The zero-order valence-electron chi connectivity index (χ0n) is 11.8. The standard InChI is InChI=1S/C16H14F2N2OS/c1-10-2-5-13(18)8-14(10)19-16(20-15(21)9-22-16)11-3-6-12(17)7-4-11/h2-8,19H,9H2,1H3,(H,20,21). The number of nitrogens with one attached hydrogen (secondary N) is 2. The molecule has 1 unspecified atom stereocenters. The molecule has 1 aliphatic rings. The molecule has 1 aliphatic heterocycles. The largest absolute Gasteiger partial charge is 0.350 e. The topological polar surface area (TPSA) is 41.1 Å². The number of carbonyl (C=O) groups excluding carboxylic acids is 1. The Morgan fingerprint density at radius 1 is 1.14 bits per heavy atom. The van der Waals surface area contributed by atoms with Gasteiger partial charge in [0.1, 0.15) is 11.6 Å². The van der Waals surface area contributed by atoms with Gasteiger partial charge in [0.05, 0.1) is 5.75 Å². The smallest absolute Gasteiger partial charge is 0.232 e. The number of hydrogen-bond acceptors (Lipinski definition) is 3. The highest BCUT2D eigenvalue weighted by Crippen LogP contribution is 2.39. The summed E-state index contributed by atoms with van der Waals surface area (Å²) in [6, 6.07) is 10.3. The Labute approximate surface area is 131 Å². The van der Waals surface area contributed by atoms with Gasteiger partial charge in [0.2, 0.25) is 5.91 Å². The van der Waals surface area contributed by atoms with E-state index in [1.54, 1.807) is 18.2 Å². The monoisotopic (exact) mass is 320 g/mol. The van der Waals surface area contributed by atoms with E-state index in [9.17, 15) is 13.6 Å². The van der Waals surface area contributed by atoms with Crippen molar-refractivity contribution in [2.75, 3.05) is 11.1 Å². The van der Waals surface area contributed by atoms with Crippen LogP contribution in [-0.4, -0.2) is 11.7 Å². The summed E-state index contributed by atoms with van der Waals surface area (Å²) in [5.74, 6) is -0.568. The fourth-order valence-electron chi connectivity index (χ4n) is 2.34. The van der Waals surface area contributed by atoms with E-state index in [1.807, 2.05) is 6.92 Å². The van der Waals surface area contributed by atoms with E-state index < -0.39 is 4.99 Å². The average Bonchev–Trinajstić information content (AvgIpc) is 2.86. The van der Waals surface area contributed by atoms with E-state index in [0.29, 0.717) is 11.3 Å². The molecule has 0 saturated carbocycles. The number of rotatable bonds is 3. The van der Waals surface area contributed by atoms with E-state index in [1.165, 1.54) is 36.0 Å². The predicted molar refractivity (Wildman–Crippen MR) is 83.4 cm³/mol. The van der Waals surface area contributed by atoms with Gasteiger partial charge in [-0.1, -0.05) is 30.0 Å². The van der Waals surface area contributed by atoms with Crippen LogP contribution in [0.25, 0.3) is 0 Å². The maximum absolute atomic E-state index is 13.5. The minimum absolute atomic E-state index is 0.129. The summed E-state index contributed by atoms with van der Waals surface area (Å²) >= 11 is 1.35. The van der Waals surface area contributed by atoms with Crippen molar-refractivity contribution in [2.24, 2.45) is 0 Å². The Hall–Kier alpha value is -2.08. The third-order valence-electron chi connectivity index (χ3n) is 3.50. The number of halogens is 2. The molecule has 2 N–H and O–H groups in total. The highest BCUT2D eigenvalue weighted by atomic mass is 32.2. The molecule has 2 aromatic carbocycles. The van der Waals surface area contributed by atoms with Crippen molar-refractivity contribution in [3.63, 3.8) is 0 Å². The lowest BCUT2D eigenvalue weighted by atomic mass is 10.1. The zero-order valence-corrected chi connectivity index (χ0v) is 12.6. The molecule has 6 heteroatoms. The van der Waals surface area contributed by atoms with Crippen LogP contribution in [0.4, 0.5) is 14.5 Å². The van der Waals surface area contributed by atoms with E-state index in [-0.39, 0.29) is 23.3 Å². The molecular formula is C16H14F2N2OS. The normalized spacial score (nSPS) is 20.8. The molecule has 114 valence electrons. The molecule has 1 atom stereocenters. The first-order chi connectivity index (χ1) is 10.5. The van der Waals surface area contributed by atoms with Gasteiger partial charge in [-0.05, 0) is 36.8 Å². The Kier molecular flexibility index (Phi) is 3.78. The number of aryl methyl sites for hydroxylation is 1. The van der Waals surface area contributed by atoms with Crippen molar-refractivity contribution in [2.45, 2.75) is 11.9 Å². The van der Waals surface area contributed by atoms with Crippen molar-refractivity contribution in [3.05, 3.63) is 65.2 Å². The lowest BCUT2D eigenvalue weighted by Crippen LogP contribution is -2.44. The third-order valence-corrected chi connectivity index (χ3v) is 4.78. The summed E-state index contributed by atoms with van der Waals surface area (Å²) in [4.78, 5) is 10.8. The van der Waals surface area contributed by atoms with Gasteiger partial charge in [0.15, 0.2) is 4.99 Å². The summed E-state index contributed by atoms with van der Waals surface area (Å²) in [5, 5.41) is 6.06. The second-order valence-electron chi connectivity index (χ2n) is 5.11. The number of hydrogen-bond donors (Lipinski definition) is 2. The molecule has 0 spiro atoms. The summed E-state index contributed by atoms with van der Waals surface area (Å²) in [7, 11) is 0. The maximum Gasteiger partial charge on any atom is 0.232 e. The molecular weight excluding hydrogens is 306 g/mol. The Morgan fingerprint density at radius 2 is 1.82 bits per heavy atom. The molecule has 1 saturated heterocycles. The fraction of sp³-hybridized carbons (Fsp3) is 0.188. The highest BCUT2D eigenvalue weighted by molar-refractivity contribution is 8.01. The van der Waals surface area contributed by atoms with E-state index in [0.717, 1.165) is 5.56 Å². The molecule has 0 radical (unpaired) electrons. The second kappa shape index (κ2) is 5.61. The van der Waals surface area contributed by atoms with Crippen LogP contribution in [0, 0.1) is 18.6 Å². The van der Waals surface area contributed by atoms with Crippen LogP contribution >= 0.6 is 11.8 Å². The summed E-state index contributed by atoms with van der Waals surface area (Å²) in [5.41, 5.74) is 2.14. The van der Waals surface area contributed by atoms with Gasteiger partial charge in [-0.3, -0.25) is 4.79 Å². The van der Waals surface area contributed by atoms with Crippen molar-refractivity contribution >= 4 is 23.4 Å². The minimum Gasteiger partial charge on any atom is -0.350 e. The van der Waals surface area contributed by atoms with Crippen molar-refractivity contribution in [1.29, 1.82) is 0 Å². The molecule has 1 amide bonds. The van der Waals surface area contributed by atoms with Gasteiger partial charge in [-0.25, -0.2) is 8.78 Å². The average molecular weight is 320 g/mol. The van der Waals surface area contributed by atoms with Gasteiger partial charge in [-0.2, -0.15) is 0 Å². The minimum atomic E-state index is -0.927. The van der Waals surface area contributed by atoms with Crippen LogP contribution in [0.1, 0.15) is 11.1 Å². The quantitative estimate of drug-likeness (QED) is 0.911. The first-order valence-corrected chi connectivity index (χ1v) is 7.72. The molecule has 1 fully saturated rings. The molecule has 3 nitrogen and oxygen atoms in total. The molecule has 0 aromatic heterocycles. The fourth-order valence-corrected chi connectivity index (χ4v) is 3.43. The van der Waals surface area contributed by atoms with Crippen LogP contribution in [-0.2, 0) is 9.79 Å². The van der Waals surface area contributed by atoms with Gasteiger partial charge in [0.25, 0.3) is 0 Å². The Morgan fingerprint density at radius 3 is 2.45 bits per heavy atom. The van der Waals surface area contributed by atoms with E-state index in [2.05, 4.69) is 10.6 Å². The van der Waals surface area contributed by atoms with E-state index in [4.69, 9.17) is 0 Å². The zero-order chi connectivity index (χ0) is 15.7. The predicted octanol–water partition coefficient (Wildman–Crippen LogP) is 3.36. The van der Waals surface area contributed by atoms with Crippen LogP contribution in [0.2, 0.25) is 0 Å². The van der Waals surface area contributed by atoms with Crippen LogP contribution in [0.3, 0.4) is 0 Å². The van der Waals surface area contributed by atoms with Gasteiger partial charge < -0.3 is 10.6 Å². The molecule has 0 aliphatic carbocycles. The Bertz CT molecular complexity index is 721. The first-order valence-electron chi connectivity index (χ1n) is 6.74. The molecule has 2 aromatic rings. The van der Waals surface area contributed by atoms with Gasteiger partial charge in [-0.15, -0.1) is 0 Å². The van der Waals surface area contributed by atoms with Gasteiger partial charge in [0, 0.05) is 11.3 Å². The number of carbonyl (C=O) groups is 1. The van der Waals surface area contributed by atoms with Crippen LogP contribution in [0.15, 0.2) is 42.5 Å². The lowest BCUT2D eigenvalue weighted by molar-refractivity contribution is -0.118. The number of anilines is 1. The summed E-state index contributed by atoms with van der Waals surface area (Å²) in [6.45, 7) is 1.85. The first kappa shape index (κ1) is 14.8. The van der Waals surface area contributed by atoms with E-state index >= 15 is 0 Å². The number of amides is 1. The van der Waals surface area contributed by atoms with Gasteiger partial charge >= 0.3 is 0 Å². The van der Waals surface area contributed by atoms with Crippen LogP contribution in [0.5, 0.6) is 0 Å². The van der Waals surface area contributed by atoms with Crippen LogP contribution < -0.4 is 10.6 Å². The Balaban J connectivity index is 2.01. The SMILES string of the molecule is Cc1ccc(F)cc1NC1(c2ccc(F)cc2)NC(=O)CS1. The van der Waals surface area contributed by atoms with Crippen molar-refractivity contribution in [1.82, 2.24) is 5.32 Å². The summed E-state index contributed by atoms with van der Waals surface area (Å²) in [6.07, 6.45) is 0. The molecule has 3 rings (SSSR count). The maximum atomic E-state index is 13.5. The lowest BCUT2D eigenvalue weighted by Gasteiger charge is -2.31. The molecule has 22 heavy (non-hydrogen) atoms. The number of thioether (sulfide) groups is 1. The molecule has 0 bridgehead atoms. The number of benzene rings is 2. The van der Waals surface area contributed by atoms with Crippen molar-refractivity contribution < 1.29 is 13.6 Å². The second-order valence-corrected chi connectivity index (χ2v) is 6.30. The van der Waals surface area contributed by atoms with Crippen molar-refractivity contribution in [3.8, 4) is 0 Å². The summed E-state index contributed by atoms with van der Waals surface area (Å²) < 4.78 is 26.6. The highest BCUT2D eigenvalue weighted by Gasteiger charge is 2.40. The third kappa shape index (κ3) is 2.78. The molecule has 1 heterocycles.